The second-order valence-corrected chi connectivity index (χ2v) is 12.3. The molecular weight excluding hydrogens is 562 g/mol. The number of aryl methyl sites for hydroxylation is 3. The summed E-state index contributed by atoms with van der Waals surface area (Å²) in [6.07, 6.45) is 8.30. The average molecular weight is 614 g/mol. The van der Waals surface area contributed by atoms with Crippen molar-refractivity contribution in [3.63, 3.8) is 0 Å². The van der Waals surface area contributed by atoms with Crippen molar-refractivity contribution in [1.29, 1.82) is 0 Å². The van der Waals surface area contributed by atoms with Crippen LogP contribution in [0.15, 0.2) is 55.2 Å². The fourth-order valence-electron chi connectivity index (χ4n) is 4.06. The van der Waals surface area contributed by atoms with E-state index in [1.165, 1.54) is 29.3 Å². The lowest BCUT2D eigenvalue weighted by Gasteiger charge is -2.37. The molecule has 1 atom stereocenters. The molecule has 9 nitrogen and oxygen atoms in total. The zero-order valence-corrected chi connectivity index (χ0v) is 28.1. The van der Waals surface area contributed by atoms with Crippen molar-refractivity contribution in [2.45, 2.75) is 66.6 Å². The van der Waals surface area contributed by atoms with E-state index in [4.69, 9.17) is 4.74 Å². The summed E-state index contributed by atoms with van der Waals surface area (Å²) in [5, 5.41) is -0.844. The summed E-state index contributed by atoms with van der Waals surface area (Å²) in [6.45, 7) is 22.6. The van der Waals surface area contributed by atoms with E-state index < -0.39 is 21.2 Å². The summed E-state index contributed by atoms with van der Waals surface area (Å²) in [4.78, 5) is 20.0. The van der Waals surface area contributed by atoms with E-state index in [2.05, 4.69) is 83.8 Å². The van der Waals surface area contributed by atoms with Gasteiger partial charge < -0.3 is 14.2 Å². The molecule has 43 heavy (non-hydrogen) atoms. The molecule has 10 heteroatoms. The molecule has 0 bridgehead atoms. The summed E-state index contributed by atoms with van der Waals surface area (Å²) in [5.41, 5.74) is 4.25. The van der Waals surface area contributed by atoms with Crippen molar-refractivity contribution in [2.24, 2.45) is 7.05 Å². The highest BCUT2D eigenvalue weighted by molar-refractivity contribution is 7.90. The van der Waals surface area contributed by atoms with Crippen LogP contribution in [0.25, 0.3) is 0 Å². The van der Waals surface area contributed by atoms with Gasteiger partial charge in [-0.25, -0.2) is 22.9 Å². The van der Waals surface area contributed by atoms with Gasteiger partial charge in [-0.3, -0.25) is 4.90 Å². The van der Waals surface area contributed by atoms with E-state index in [1.807, 2.05) is 0 Å². The zero-order valence-electron chi connectivity index (χ0n) is 27.3. The van der Waals surface area contributed by atoms with Crippen LogP contribution < -0.4 is 9.62 Å². The molecule has 1 aromatic carbocycles. The Hall–Kier alpha value is -3.39. The van der Waals surface area contributed by atoms with Crippen molar-refractivity contribution >= 4 is 21.7 Å². The number of hydrogen-bond donors (Lipinski definition) is 1. The van der Waals surface area contributed by atoms with E-state index >= 15 is 0 Å². The number of aromatic nitrogens is 2. The highest BCUT2D eigenvalue weighted by atomic mass is 32.2. The third kappa shape index (κ3) is 13.6. The fourth-order valence-corrected chi connectivity index (χ4v) is 5.20. The van der Waals surface area contributed by atoms with Gasteiger partial charge in [0.2, 0.25) is 10.0 Å². The highest BCUT2D eigenvalue weighted by Crippen LogP contribution is 2.22. The zero-order chi connectivity index (χ0) is 32.4. The van der Waals surface area contributed by atoms with Crippen LogP contribution >= 0.6 is 0 Å². The Morgan fingerprint density at radius 3 is 2.40 bits per heavy atom. The monoisotopic (exact) mass is 613 g/mol. The van der Waals surface area contributed by atoms with Crippen molar-refractivity contribution in [3.05, 3.63) is 72.0 Å². The summed E-state index contributed by atoms with van der Waals surface area (Å²) in [5.74, 6) is 5.45. The smallest absolute Gasteiger partial charge is 0.363 e. The Kier molecular flexibility index (Phi) is 17.3. The van der Waals surface area contributed by atoms with Crippen LogP contribution in [0.3, 0.4) is 0 Å². The van der Waals surface area contributed by atoms with Crippen LogP contribution in [0.5, 0.6) is 0 Å². The van der Waals surface area contributed by atoms with Crippen molar-refractivity contribution in [1.82, 2.24) is 19.2 Å². The van der Waals surface area contributed by atoms with E-state index in [0.29, 0.717) is 18.0 Å². The van der Waals surface area contributed by atoms with E-state index in [1.54, 1.807) is 51.0 Å². The topological polar surface area (TPSA) is 96.8 Å². The van der Waals surface area contributed by atoms with Gasteiger partial charge in [-0.15, -0.1) is 12.5 Å². The van der Waals surface area contributed by atoms with Crippen LogP contribution in [0, 0.1) is 25.7 Å². The molecule has 0 radical (unpaired) electrons. The number of carbonyl (C=O) groups is 1. The maximum absolute atomic E-state index is 12.2. The fraction of sp³-hybridized carbons (Fsp3) is 0.515. The molecule has 1 N–H and O–H groups in total. The highest BCUT2D eigenvalue weighted by Gasteiger charge is 2.21. The predicted molar refractivity (Wildman–Crippen MR) is 178 cm³/mol. The molecule has 1 aliphatic heterocycles. The van der Waals surface area contributed by atoms with Gasteiger partial charge in [0.05, 0.1) is 6.33 Å². The predicted octanol–water partition coefficient (Wildman–Crippen LogP) is 5.23. The van der Waals surface area contributed by atoms with Crippen LogP contribution in [0.1, 0.15) is 69.1 Å². The first-order chi connectivity index (χ1) is 20.4. The number of nitrogens with zero attached hydrogens (tertiary/aromatic N) is 4. The van der Waals surface area contributed by atoms with Gasteiger partial charge in [-0.05, 0) is 70.9 Å². The number of benzene rings is 1. The average Bonchev–Trinajstić information content (AvgIpc) is 3.42. The Morgan fingerprint density at radius 1 is 1.21 bits per heavy atom. The minimum absolute atomic E-state index is 0.323. The van der Waals surface area contributed by atoms with Crippen molar-refractivity contribution in [2.75, 3.05) is 44.2 Å². The number of hydrogen-bond acceptors (Lipinski definition) is 7. The number of imidazole rings is 1. The molecule has 238 valence electrons. The van der Waals surface area contributed by atoms with Gasteiger partial charge in [0, 0.05) is 51.7 Å². The quantitative estimate of drug-likeness (QED) is 0.129. The van der Waals surface area contributed by atoms with Crippen molar-refractivity contribution in [3.8, 4) is 11.8 Å². The number of carbonyl (C=O) groups excluding carboxylic acids is 1. The van der Waals surface area contributed by atoms with E-state index in [0.717, 1.165) is 39.1 Å². The molecule has 0 saturated carbocycles. The standard InChI is InChI=1S/C21H31N3O2S.C9H12N2O2.C3H8/c1-5-8-20(6-2)27(25,26)22-11-7-12-23-13-15-24(16-14-23)21-17-18(3)9-10-19(21)4;1-4-7(2)13-9(12)8-5-11(3)6-10-8;1-3-2/h6,9-10,17,20,22H,2,7,11-16H2,1,3-4H3;4-6H,1-3H3;3H2,1-2H3/b;7-4+;. The largest absolute Gasteiger partial charge is 0.427 e. The van der Waals surface area contributed by atoms with Crippen LogP contribution in [-0.4, -0.2) is 73.4 Å². The van der Waals surface area contributed by atoms with Gasteiger partial charge in [0.25, 0.3) is 0 Å². The van der Waals surface area contributed by atoms with Crippen LogP contribution in [0.2, 0.25) is 0 Å². The Balaban J connectivity index is 0.000000480. The SMILES string of the molecule is C/C=C(\C)OC(=O)c1cn(C)cn1.C=CC(C#CC)S(=O)(=O)NCCCN1CCN(c2cc(C)ccc2C)CC1.CCC. The summed E-state index contributed by atoms with van der Waals surface area (Å²) in [7, 11) is -1.66. The first kappa shape index (κ1) is 37.6. The van der Waals surface area contributed by atoms with Gasteiger partial charge in [-0.1, -0.05) is 44.4 Å². The van der Waals surface area contributed by atoms with E-state index in [-0.39, 0.29) is 0 Å². The number of nitrogens with one attached hydrogen (secondary N) is 1. The molecule has 3 rings (SSSR count). The molecule has 1 saturated heterocycles. The maximum atomic E-state index is 12.2. The first-order valence-corrected chi connectivity index (χ1v) is 16.4. The molecule has 0 aliphatic carbocycles. The lowest BCUT2D eigenvalue weighted by Crippen LogP contribution is -2.47. The van der Waals surface area contributed by atoms with Crippen LogP contribution in [-0.2, 0) is 21.8 Å². The molecule has 2 aromatic rings. The Bertz CT molecular complexity index is 1350. The molecule has 1 unspecified atom stereocenters. The van der Waals surface area contributed by atoms with Gasteiger partial charge in [0.1, 0.15) is 5.76 Å². The first-order valence-electron chi connectivity index (χ1n) is 14.8. The number of esters is 1. The Labute approximate surface area is 260 Å². The molecule has 0 amide bonds. The molecule has 1 fully saturated rings. The number of sulfonamides is 1. The summed E-state index contributed by atoms with van der Waals surface area (Å²) in [6, 6.07) is 6.59. The molecule has 1 aromatic heterocycles. The number of ether oxygens (including phenoxy) is 1. The number of allylic oxidation sites excluding steroid dienone is 2. The molecule has 2 heterocycles. The van der Waals surface area contributed by atoms with Gasteiger partial charge >= 0.3 is 5.97 Å². The third-order valence-electron chi connectivity index (χ3n) is 6.44. The molecule has 1 aliphatic rings. The summed E-state index contributed by atoms with van der Waals surface area (Å²) >= 11 is 0. The maximum Gasteiger partial charge on any atom is 0.363 e. The minimum atomic E-state index is -3.46. The summed E-state index contributed by atoms with van der Waals surface area (Å²) < 4.78 is 33.6. The minimum Gasteiger partial charge on any atom is -0.427 e. The molecular formula is C33H51N5O4S. The molecule has 0 spiro atoms. The third-order valence-corrected chi connectivity index (χ3v) is 8.03. The lowest BCUT2D eigenvalue weighted by molar-refractivity contribution is 0.0619. The van der Waals surface area contributed by atoms with Crippen molar-refractivity contribution < 1.29 is 17.9 Å². The second kappa shape index (κ2) is 19.7. The van der Waals surface area contributed by atoms with Crippen LogP contribution in [0.4, 0.5) is 5.69 Å². The number of rotatable bonds is 10. The van der Waals surface area contributed by atoms with Gasteiger partial charge in [-0.2, -0.15) is 0 Å². The van der Waals surface area contributed by atoms with E-state index in [9.17, 15) is 13.2 Å². The normalized spacial score (nSPS) is 14.2. The number of piperazine rings is 1. The second-order valence-electron chi connectivity index (χ2n) is 10.4. The van der Waals surface area contributed by atoms with Gasteiger partial charge in [0.15, 0.2) is 10.9 Å². The lowest BCUT2D eigenvalue weighted by atomic mass is 10.1. The Morgan fingerprint density at radius 2 is 1.86 bits per heavy atom. The number of anilines is 1.